The molecule has 2 heterocycles. The number of hydrogen-bond acceptors (Lipinski definition) is 8. The fraction of sp³-hybridized carbons (Fsp3) is 0.556. The summed E-state index contributed by atoms with van der Waals surface area (Å²) in [7, 11) is -4.48. The van der Waals surface area contributed by atoms with Crippen molar-refractivity contribution in [2.45, 2.75) is 46.7 Å². The van der Waals surface area contributed by atoms with Crippen LogP contribution in [0.5, 0.6) is 11.5 Å². The summed E-state index contributed by atoms with van der Waals surface area (Å²) in [6, 6.07) is 5.68. The standard InChI is InChI=1S/C18H27N2O6P/c1-6-23-13-9-7-8-10-14(13)24-27(19-15(11(2)3)17(21)25-27)20-16(12(4)5)18(22)26-27/h7-12,15-16,19-20H,6H2,1-5H3/t15-,16-/m0/s1. The van der Waals surface area contributed by atoms with Gasteiger partial charge in [-0.05, 0) is 0 Å². The Kier molecular flexibility index (Phi) is 5.10. The summed E-state index contributed by atoms with van der Waals surface area (Å²) in [5.41, 5.74) is 0. The van der Waals surface area contributed by atoms with Gasteiger partial charge in [0.15, 0.2) is 0 Å². The van der Waals surface area contributed by atoms with Gasteiger partial charge >= 0.3 is 159 Å². The van der Waals surface area contributed by atoms with Crippen LogP contribution in [0.4, 0.5) is 0 Å². The number of para-hydroxylation sites is 2. The van der Waals surface area contributed by atoms with Crippen LogP contribution in [0.2, 0.25) is 0 Å². The monoisotopic (exact) mass is 398 g/mol. The number of ether oxygens (including phenoxy) is 1. The van der Waals surface area contributed by atoms with E-state index < -0.39 is 31.6 Å². The first kappa shape index (κ1) is 19.9. The van der Waals surface area contributed by atoms with Crippen molar-refractivity contribution in [2.75, 3.05) is 6.61 Å². The molecule has 2 aliphatic rings. The molecule has 0 saturated carbocycles. The second kappa shape index (κ2) is 6.93. The molecular weight excluding hydrogens is 371 g/mol. The summed E-state index contributed by atoms with van der Waals surface area (Å²) in [6.07, 6.45) is 0. The second-order valence-electron chi connectivity index (χ2n) is 7.38. The van der Waals surface area contributed by atoms with E-state index in [1.54, 1.807) is 24.3 Å². The molecule has 3 rings (SSSR count). The van der Waals surface area contributed by atoms with Crippen molar-refractivity contribution in [3.63, 3.8) is 0 Å². The Labute approximate surface area is 159 Å². The molecule has 9 heteroatoms. The van der Waals surface area contributed by atoms with Crippen LogP contribution in [0.15, 0.2) is 24.3 Å². The third-order valence-corrected chi connectivity index (χ3v) is 7.49. The first-order valence-electron chi connectivity index (χ1n) is 9.17. The molecule has 2 fully saturated rings. The zero-order valence-electron chi connectivity index (χ0n) is 16.2. The Morgan fingerprint density at radius 2 is 1.44 bits per heavy atom. The molecule has 2 aliphatic heterocycles. The van der Waals surface area contributed by atoms with Gasteiger partial charge in [-0.1, -0.05) is 0 Å². The quantitative estimate of drug-likeness (QED) is 0.707. The van der Waals surface area contributed by atoms with Crippen molar-refractivity contribution in [1.82, 2.24) is 10.2 Å². The molecule has 2 N–H and O–H groups in total. The summed E-state index contributed by atoms with van der Waals surface area (Å²) >= 11 is 0. The van der Waals surface area contributed by atoms with Crippen LogP contribution < -0.4 is 19.4 Å². The fourth-order valence-electron chi connectivity index (χ4n) is 3.10. The fourth-order valence-corrected chi connectivity index (χ4v) is 6.76. The van der Waals surface area contributed by atoms with E-state index in [1.165, 1.54) is 0 Å². The SMILES string of the molecule is CCOc1ccccc1OP12(N[C@@H](C(C)C)C(=O)O1)N[C@@H](C(C)C)C(=O)O2. The first-order chi connectivity index (χ1) is 12.7. The van der Waals surface area contributed by atoms with Gasteiger partial charge in [0.1, 0.15) is 0 Å². The van der Waals surface area contributed by atoms with Crippen molar-refractivity contribution < 1.29 is 27.9 Å². The van der Waals surface area contributed by atoms with Gasteiger partial charge in [0.25, 0.3) is 0 Å². The summed E-state index contributed by atoms with van der Waals surface area (Å²) < 4.78 is 23.2. The van der Waals surface area contributed by atoms with Crippen molar-refractivity contribution in [3.8, 4) is 11.5 Å². The number of benzene rings is 1. The topological polar surface area (TPSA) is 95.1 Å². The molecule has 1 aromatic carbocycles. The molecular formula is C18H27N2O6P. The van der Waals surface area contributed by atoms with Gasteiger partial charge in [0, 0.05) is 0 Å². The molecule has 0 unspecified atom stereocenters. The van der Waals surface area contributed by atoms with Crippen LogP contribution in [0, 0.1) is 11.8 Å². The maximum absolute atomic E-state index is 12.6. The molecule has 2 atom stereocenters. The molecule has 0 aliphatic carbocycles. The maximum atomic E-state index is 12.6. The average Bonchev–Trinajstić information content (AvgIpc) is 3.04. The van der Waals surface area contributed by atoms with Crippen molar-refractivity contribution in [2.24, 2.45) is 11.8 Å². The minimum atomic E-state index is -4.48. The normalized spacial score (nSPS) is 27.3. The number of carbonyl (C=O) groups excluding carboxylic acids is 2. The van der Waals surface area contributed by atoms with E-state index in [1.807, 2.05) is 34.6 Å². The van der Waals surface area contributed by atoms with E-state index in [9.17, 15) is 9.59 Å². The molecule has 0 bridgehead atoms. The Morgan fingerprint density at radius 1 is 0.963 bits per heavy atom. The summed E-state index contributed by atoms with van der Waals surface area (Å²) in [5, 5.41) is 6.18. The zero-order chi connectivity index (χ0) is 19.8. The Bertz CT molecular complexity index is 717. The van der Waals surface area contributed by atoms with E-state index in [2.05, 4.69) is 10.2 Å². The Hall–Kier alpha value is -1.89. The number of carbonyl (C=O) groups is 2. The molecule has 0 radical (unpaired) electrons. The van der Waals surface area contributed by atoms with Crippen LogP contribution >= 0.6 is 7.59 Å². The van der Waals surface area contributed by atoms with Gasteiger partial charge in [-0.2, -0.15) is 0 Å². The summed E-state index contributed by atoms with van der Waals surface area (Å²) in [6.45, 7) is 9.80. The molecule has 27 heavy (non-hydrogen) atoms. The van der Waals surface area contributed by atoms with Gasteiger partial charge in [0.2, 0.25) is 0 Å². The predicted molar refractivity (Wildman–Crippen MR) is 101 cm³/mol. The van der Waals surface area contributed by atoms with Gasteiger partial charge in [-0.15, -0.1) is 0 Å². The Morgan fingerprint density at radius 3 is 1.85 bits per heavy atom. The molecule has 8 nitrogen and oxygen atoms in total. The Balaban J connectivity index is 2.06. The van der Waals surface area contributed by atoms with E-state index in [0.29, 0.717) is 18.1 Å². The third kappa shape index (κ3) is 3.49. The van der Waals surface area contributed by atoms with E-state index >= 15 is 0 Å². The van der Waals surface area contributed by atoms with Crippen LogP contribution in [-0.2, 0) is 18.6 Å². The number of hydrogen-bond donors (Lipinski definition) is 2. The third-order valence-electron chi connectivity index (χ3n) is 4.49. The molecule has 2 saturated heterocycles. The molecule has 0 amide bonds. The summed E-state index contributed by atoms with van der Waals surface area (Å²) in [5.74, 6) is -0.392. The van der Waals surface area contributed by atoms with Gasteiger partial charge in [0.05, 0.1) is 0 Å². The molecule has 1 aromatic rings. The van der Waals surface area contributed by atoms with Crippen LogP contribution in [-0.4, -0.2) is 30.6 Å². The van der Waals surface area contributed by atoms with Crippen LogP contribution in [0.3, 0.4) is 0 Å². The molecule has 0 aromatic heterocycles. The van der Waals surface area contributed by atoms with E-state index in [-0.39, 0.29) is 11.8 Å². The number of nitrogens with one attached hydrogen (secondary N) is 2. The number of rotatable bonds is 6. The second-order valence-corrected chi connectivity index (χ2v) is 10.2. The van der Waals surface area contributed by atoms with E-state index in [0.717, 1.165) is 0 Å². The first-order valence-corrected chi connectivity index (χ1v) is 11.2. The van der Waals surface area contributed by atoms with Crippen molar-refractivity contribution in [1.29, 1.82) is 0 Å². The van der Waals surface area contributed by atoms with Gasteiger partial charge in [-0.25, -0.2) is 0 Å². The van der Waals surface area contributed by atoms with Crippen molar-refractivity contribution in [3.05, 3.63) is 24.3 Å². The summed E-state index contributed by atoms with van der Waals surface area (Å²) in [4.78, 5) is 25.1. The molecule has 150 valence electrons. The average molecular weight is 398 g/mol. The van der Waals surface area contributed by atoms with Crippen LogP contribution in [0.1, 0.15) is 34.6 Å². The van der Waals surface area contributed by atoms with Crippen LogP contribution in [0.25, 0.3) is 0 Å². The predicted octanol–water partition coefficient (Wildman–Crippen LogP) is 2.93. The van der Waals surface area contributed by atoms with Gasteiger partial charge < -0.3 is 0 Å². The minimum absolute atomic E-state index is 0.0802. The molecule has 1 spiro atoms. The van der Waals surface area contributed by atoms with Crippen molar-refractivity contribution >= 4 is 19.5 Å². The zero-order valence-corrected chi connectivity index (χ0v) is 17.1. The van der Waals surface area contributed by atoms with E-state index in [4.69, 9.17) is 18.3 Å². The van der Waals surface area contributed by atoms with Gasteiger partial charge in [-0.3, -0.25) is 0 Å².